The van der Waals surface area contributed by atoms with Gasteiger partial charge in [-0.2, -0.15) is 0 Å². The van der Waals surface area contributed by atoms with Gasteiger partial charge in [0, 0.05) is 18.0 Å². The maximum Gasteiger partial charge on any atom is 0.404 e. The summed E-state index contributed by atoms with van der Waals surface area (Å²) in [5.41, 5.74) is 8.14. The molecule has 3 amide bonds. The van der Waals surface area contributed by atoms with Gasteiger partial charge < -0.3 is 30.9 Å². The molecular weight excluding hydrogens is 556 g/mol. The van der Waals surface area contributed by atoms with Crippen molar-refractivity contribution in [2.24, 2.45) is 5.92 Å². The van der Waals surface area contributed by atoms with Gasteiger partial charge in [-0.3, -0.25) is 9.59 Å². The van der Waals surface area contributed by atoms with E-state index in [-0.39, 0.29) is 36.8 Å². The summed E-state index contributed by atoms with van der Waals surface area (Å²) in [7, 11) is 0. The third-order valence-electron chi connectivity index (χ3n) is 7.13. The minimum absolute atomic E-state index is 0.0364. The molecule has 13 heteroatoms. The van der Waals surface area contributed by atoms with Crippen LogP contribution in [0.5, 0.6) is 0 Å². The van der Waals surface area contributed by atoms with Gasteiger partial charge in [-0.1, -0.05) is 12.1 Å². The van der Waals surface area contributed by atoms with Crippen LogP contribution in [0.1, 0.15) is 18.4 Å². The molecule has 0 radical (unpaired) electrons. The number of carboxylic acid groups (broad SMARTS) is 1. The zero-order valence-electron chi connectivity index (χ0n) is 20.0. The van der Waals surface area contributed by atoms with Crippen molar-refractivity contribution in [1.29, 1.82) is 0 Å². The van der Waals surface area contributed by atoms with Crippen LogP contribution in [0.25, 0.3) is 21.9 Å². The first-order valence-corrected chi connectivity index (χ1v) is 12.8. The van der Waals surface area contributed by atoms with E-state index in [0.717, 1.165) is 17.4 Å². The lowest BCUT2D eigenvalue weighted by Gasteiger charge is -2.27. The standard InChI is InChI=1S/C25H23BrN8O4/c26-18-2-1-3-19(31-18)32-24(36)17-8-13-7-16(13)34(17)20(35)10-33-15-5-4-12(9-28-25(37)38)6-14(15)21-22(27)29-11-30-23(21)33/h1-6,11,13,16-17,28H,7-10H2,(H,37,38)(H2,27,29,30)(H,31,32,36)/t13-,16-,17+/m1/s1. The summed E-state index contributed by atoms with van der Waals surface area (Å²) in [5.74, 6) is 0.535. The summed E-state index contributed by atoms with van der Waals surface area (Å²) in [4.78, 5) is 52.4. The number of nitrogens with zero attached hydrogens (tertiary/aromatic N) is 5. The van der Waals surface area contributed by atoms with Crippen LogP contribution in [0.2, 0.25) is 0 Å². The van der Waals surface area contributed by atoms with Gasteiger partial charge in [0.05, 0.1) is 10.9 Å². The number of aromatic nitrogens is 4. The Morgan fingerprint density at radius 2 is 2.00 bits per heavy atom. The Morgan fingerprint density at radius 3 is 2.79 bits per heavy atom. The molecule has 3 atom stereocenters. The zero-order chi connectivity index (χ0) is 26.6. The molecule has 5 N–H and O–H groups in total. The number of nitrogens with two attached hydrogens (primary N) is 1. The molecule has 0 bridgehead atoms. The van der Waals surface area contributed by atoms with Gasteiger partial charge in [-0.15, -0.1) is 0 Å². The van der Waals surface area contributed by atoms with Gasteiger partial charge in [-0.25, -0.2) is 19.7 Å². The van der Waals surface area contributed by atoms with Gasteiger partial charge in [0.25, 0.3) is 0 Å². The highest BCUT2D eigenvalue weighted by molar-refractivity contribution is 9.10. The number of nitrogens with one attached hydrogen (secondary N) is 2. The molecule has 38 heavy (non-hydrogen) atoms. The highest BCUT2D eigenvalue weighted by atomic mass is 79.9. The normalized spacial score (nSPS) is 19.9. The molecule has 1 aromatic carbocycles. The van der Waals surface area contributed by atoms with E-state index in [4.69, 9.17) is 10.8 Å². The van der Waals surface area contributed by atoms with E-state index in [1.165, 1.54) is 6.33 Å². The Kier molecular flexibility index (Phi) is 5.86. The van der Waals surface area contributed by atoms with E-state index in [1.54, 1.807) is 33.7 Å². The number of likely N-dealkylation sites (tertiary alicyclic amines) is 1. The van der Waals surface area contributed by atoms with Gasteiger partial charge >= 0.3 is 6.09 Å². The molecule has 4 aromatic rings. The van der Waals surface area contributed by atoms with Crippen LogP contribution in [0, 0.1) is 5.92 Å². The number of nitrogen functional groups attached to an aromatic ring is 1. The van der Waals surface area contributed by atoms with Crippen molar-refractivity contribution in [3.8, 4) is 0 Å². The van der Waals surface area contributed by atoms with Gasteiger partial charge in [0.2, 0.25) is 11.8 Å². The molecular formula is C25H23BrN8O4. The smallest absolute Gasteiger partial charge is 0.404 e. The molecule has 12 nitrogen and oxygen atoms in total. The minimum atomic E-state index is -1.13. The van der Waals surface area contributed by atoms with Crippen LogP contribution in [0.3, 0.4) is 0 Å². The number of piperidine rings is 1. The molecule has 3 aromatic heterocycles. The molecule has 1 saturated carbocycles. The first-order valence-electron chi connectivity index (χ1n) is 12.0. The fraction of sp³-hybridized carbons (Fsp3) is 0.280. The monoisotopic (exact) mass is 578 g/mol. The summed E-state index contributed by atoms with van der Waals surface area (Å²) in [6.07, 6.45) is 1.71. The van der Waals surface area contributed by atoms with Crippen LogP contribution in [0.15, 0.2) is 47.3 Å². The lowest BCUT2D eigenvalue weighted by molar-refractivity contribution is -0.138. The van der Waals surface area contributed by atoms with Crippen molar-refractivity contribution in [1.82, 2.24) is 29.7 Å². The molecule has 1 saturated heterocycles. The van der Waals surface area contributed by atoms with Crippen molar-refractivity contribution in [2.75, 3.05) is 11.1 Å². The van der Waals surface area contributed by atoms with Crippen LogP contribution in [-0.4, -0.2) is 59.5 Å². The SMILES string of the molecule is Nc1ncnc2c1c1cc(CNC(=O)O)ccc1n2CC(=O)N1[C@@H]2C[C@@H]2C[C@H]1C(=O)Nc1cccc(Br)n1. The van der Waals surface area contributed by atoms with E-state index in [2.05, 4.69) is 41.5 Å². The first kappa shape index (κ1) is 24.1. The van der Waals surface area contributed by atoms with E-state index >= 15 is 0 Å². The number of hydrogen-bond acceptors (Lipinski definition) is 7. The Balaban J connectivity index is 1.31. The Labute approximate surface area is 224 Å². The van der Waals surface area contributed by atoms with Crippen molar-refractivity contribution in [3.63, 3.8) is 0 Å². The molecule has 0 spiro atoms. The van der Waals surface area contributed by atoms with Crippen LogP contribution in [-0.2, 0) is 22.7 Å². The van der Waals surface area contributed by atoms with E-state index in [0.29, 0.717) is 39.3 Å². The summed E-state index contributed by atoms with van der Waals surface area (Å²) < 4.78 is 2.38. The third kappa shape index (κ3) is 4.28. The second kappa shape index (κ2) is 9.24. The van der Waals surface area contributed by atoms with Gasteiger partial charge in [0.1, 0.15) is 40.8 Å². The van der Waals surface area contributed by atoms with Crippen molar-refractivity contribution in [3.05, 3.63) is 52.9 Å². The number of hydrogen-bond donors (Lipinski definition) is 4. The number of rotatable bonds is 6. The molecule has 0 unspecified atom stereocenters. The molecule has 6 rings (SSSR count). The van der Waals surface area contributed by atoms with E-state index in [9.17, 15) is 14.4 Å². The molecule has 4 heterocycles. The summed E-state index contributed by atoms with van der Waals surface area (Å²) >= 11 is 3.31. The number of carbonyl (C=O) groups excluding carboxylic acids is 2. The highest BCUT2D eigenvalue weighted by Crippen LogP contribution is 2.48. The number of halogens is 1. The summed E-state index contributed by atoms with van der Waals surface area (Å²) in [6.45, 7) is 0.0796. The number of fused-ring (bicyclic) bond motifs is 4. The van der Waals surface area contributed by atoms with Crippen molar-refractivity contribution < 1.29 is 19.5 Å². The van der Waals surface area contributed by atoms with Crippen LogP contribution >= 0.6 is 15.9 Å². The number of benzene rings is 1. The van der Waals surface area contributed by atoms with Crippen LogP contribution in [0.4, 0.5) is 16.4 Å². The first-order chi connectivity index (χ1) is 18.3. The van der Waals surface area contributed by atoms with Gasteiger partial charge in [0.15, 0.2) is 0 Å². The molecule has 2 fully saturated rings. The predicted molar refractivity (Wildman–Crippen MR) is 142 cm³/mol. The predicted octanol–water partition coefficient (Wildman–Crippen LogP) is 2.72. The summed E-state index contributed by atoms with van der Waals surface area (Å²) in [6, 6.07) is 10.1. The van der Waals surface area contributed by atoms with Crippen molar-refractivity contribution in [2.45, 2.75) is 38.0 Å². The maximum absolute atomic E-state index is 13.7. The second-order valence-corrected chi connectivity index (χ2v) is 10.3. The quantitative estimate of drug-likeness (QED) is 0.253. The average molecular weight is 579 g/mol. The Morgan fingerprint density at radius 1 is 1.16 bits per heavy atom. The number of pyridine rings is 1. The second-order valence-electron chi connectivity index (χ2n) is 9.50. The van der Waals surface area contributed by atoms with E-state index in [1.807, 2.05) is 12.1 Å². The molecule has 1 aliphatic heterocycles. The maximum atomic E-state index is 13.7. The number of anilines is 2. The Hall–Kier alpha value is -4.26. The fourth-order valence-corrected chi connectivity index (χ4v) is 5.73. The topological polar surface area (TPSA) is 168 Å². The lowest BCUT2D eigenvalue weighted by Crippen LogP contribution is -2.46. The zero-order valence-corrected chi connectivity index (χ0v) is 21.6. The third-order valence-corrected chi connectivity index (χ3v) is 7.57. The number of carbonyl (C=O) groups is 3. The lowest BCUT2D eigenvalue weighted by atomic mass is 10.1. The molecule has 2 aliphatic rings. The molecule has 1 aliphatic carbocycles. The van der Waals surface area contributed by atoms with Gasteiger partial charge in [-0.05, 0) is 64.5 Å². The Bertz CT molecular complexity index is 1620. The largest absolute Gasteiger partial charge is 0.465 e. The minimum Gasteiger partial charge on any atom is -0.465 e. The average Bonchev–Trinajstić information content (AvgIpc) is 3.43. The van der Waals surface area contributed by atoms with E-state index < -0.39 is 12.1 Å². The number of amides is 3. The van der Waals surface area contributed by atoms with Crippen molar-refractivity contribution >= 4 is 67.4 Å². The van der Waals surface area contributed by atoms with Crippen LogP contribution < -0.4 is 16.4 Å². The fourth-order valence-electron chi connectivity index (χ4n) is 5.39. The molecule has 194 valence electrons. The highest BCUT2D eigenvalue weighted by Gasteiger charge is 2.56. The summed E-state index contributed by atoms with van der Waals surface area (Å²) in [5, 5.41) is 15.5.